The molecule has 2 rings (SSSR count). The van der Waals surface area contributed by atoms with Crippen molar-refractivity contribution in [2.45, 2.75) is 13.0 Å². The van der Waals surface area contributed by atoms with Gasteiger partial charge in [-0.3, -0.25) is 14.2 Å². The van der Waals surface area contributed by atoms with E-state index >= 15 is 0 Å². The first kappa shape index (κ1) is 12.9. The van der Waals surface area contributed by atoms with Crippen LogP contribution in [0.15, 0.2) is 33.5 Å². The predicted octanol–water partition coefficient (Wildman–Crippen LogP) is 0.185. The number of hydrogen-bond donors (Lipinski definition) is 2. The molecule has 0 saturated heterocycles. The lowest BCUT2D eigenvalue weighted by atomic mass is 10.3. The zero-order valence-corrected chi connectivity index (χ0v) is 9.96. The molecular weight excluding hydrogens is 252 g/mol. The van der Waals surface area contributed by atoms with E-state index in [1.165, 1.54) is 4.57 Å². The van der Waals surface area contributed by atoms with Crippen LogP contribution in [0.2, 0.25) is 0 Å². The minimum absolute atomic E-state index is 0.0265. The summed E-state index contributed by atoms with van der Waals surface area (Å²) in [6, 6.07) is 6.76. The second-order valence-corrected chi connectivity index (χ2v) is 3.92. The second kappa shape index (κ2) is 5.38. The third-order valence-corrected chi connectivity index (χ3v) is 2.54. The highest BCUT2D eigenvalue weighted by atomic mass is 16.4. The van der Waals surface area contributed by atoms with E-state index in [0.717, 1.165) is 0 Å². The predicted molar refractivity (Wildman–Crippen MR) is 65.7 cm³/mol. The molecule has 0 saturated carbocycles. The fraction of sp³-hybridized carbons (Fsp3) is 0.250. The number of nitrogens with zero attached hydrogens (tertiary/aromatic N) is 1. The molecule has 0 atom stereocenters. The molecule has 19 heavy (non-hydrogen) atoms. The van der Waals surface area contributed by atoms with Crippen LogP contribution in [0, 0.1) is 0 Å². The molecule has 1 aromatic carbocycles. The molecule has 0 bridgehead atoms. The lowest BCUT2D eigenvalue weighted by Crippen LogP contribution is -2.32. The number of aromatic nitrogens is 1. The molecule has 0 fully saturated rings. The maximum atomic E-state index is 11.6. The molecule has 0 radical (unpaired) electrons. The highest BCUT2D eigenvalue weighted by molar-refractivity contribution is 5.79. The topological polar surface area (TPSA) is 102 Å². The number of hydrogen-bond acceptors (Lipinski definition) is 4. The van der Waals surface area contributed by atoms with Gasteiger partial charge in [0.2, 0.25) is 5.91 Å². The fourth-order valence-electron chi connectivity index (χ4n) is 1.67. The normalized spacial score (nSPS) is 10.5. The summed E-state index contributed by atoms with van der Waals surface area (Å²) in [7, 11) is 0. The van der Waals surface area contributed by atoms with Crippen molar-refractivity contribution >= 4 is 23.0 Å². The minimum atomic E-state index is -0.994. The van der Waals surface area contributed by atoms with Crippen LogP contribution in [-0.2, 0) is 16.1 Å². The summed E-state index contributed by atoms with van der Waals surface area (Å²) in [4.78, 5) is 33.5. The van der Waals surface area contributed by atoms with Gasteiger partial charge in [-0.15, -0.1) is 0 Å². The Morgan fingerprint density at radius 2 is 2.05 bits per heavy atom. The molecule has 2 aromatic rings. The number of carbonyl (C=O) groups is 2. The molecule has 7 nitrogen and oxygen atoms in total. The van der Waals surface area contributed by atoms with Crippen LogP contribution in [-0.4, -0.2) is 28.1 Å². The number of oxazole rings is 1. The highest BCUT2D eigenvalue weighted by Crippen LogP contribution is 2.11. The second-order valence-electron chi connectivity index (χ2n) is 3.92. The average Bonchev–Trinajstić information content (AvgIpc) is 2.66. The van der Waals surface area contributed by atoms with Crippen LogP contribution in [0.1, 0.15) is 6.42 Å². The van der Waals surface area contributed by atoms with Gasteiger partial charge in [-0.05, 0) is 12.1 Å². The van der Waals surface area contributed by atoms with E-state index in [1.807, 2.05) is 0 Å². The maximum Gasteiger partial charge on any atom is 0.420 e. The largest absolute Gasteiger partial charge is 0.481 e. The van der Waals surface area contributed by atoms with Gasteiger partial charge in [-0.2, -0.15) is 0 Å². The van der Waals surface area contributed by atoms with Gasteiger partial charge >= 0.3 is 11.7 Å². The van der Waals surface area contributed by atoms with Gasteiger partial charge in [0, 0.05) is 6.54 Å². The van der Waals surface area contributed by atoms with Crippen LogP contribution in [0.5, 0.6) is 0 Å². The van der Waals surface area contributed by atoms with E-state index in [1.54, 1.807) is 24.3 Å². The van der Waals surface area contributed by atoms with Crippen molar-refractivity contribution in [1.29, 1.82) is 0 Å². The number of aliphatic carboxylic acids is 1. The Morgan fingerprint density at radius 1 is 1.32 bits per heavy atom. The van der Waals surface area contributed by atoms with E-state index in [2.05, 4.69) is 5.32 Å². The summed E-state index contributed by atoms with van der Waals surface area (Å²) in [6.07, 6.45) is -0.160. The van der Waals surface area contributed by atoms with E-state index < -0.39 is 17.6 Å². The first-order chi connectivity index (χ1) is 9.08. The van der Waals surface area contributed by atoms with Crippen LogP contribution >= 0.6 is 0 Å². The monoisotopic (exact) mass is 264 g/mol. The zero-order chi connectivity index (χ0) is 13.8. The third kappa shape index (κ3) is 3.01. The van der Waals surface area contributed by atoms with E-state index in [9.17, 15) is 14.4 Å². The molecule has 0 unspecified atom stereocenters. The third-order valence-electron chi connectivity index (χ3n) is 2.54. The van der Waals surface area contributed by atoms with Gasteiger partial charge in [0.15, 0.2) is 5.58 Å². The zero-order valence-electron chi connectivity index (χ0n) is 9.96. The SMILES string of the molecule is O=C(O)CCNC(=O)Cn1c(=O)oc2ccccc21. The summed E-state index contributed by atoms with van der Waals surface area (Å²) in [5, 5.41) is 10.9. The van der Waals surface area contributed by atoms with Gasteiger partial charge in [0.05, 0.1) is 11.9 Å². The van der Waals surface area contributed by atoms with Crippen LogP contribution in [0.4, 0.5) is 0 Å². The number of nitrogens with one attached hydrogen (secondary N) is 1. The molecule has 1 amide bonds. The Labute approximate surface area is 107 Å². The van der Waals surface area contributed by atoms with E-state index in [0.29, 0.717) is 11.1 Å². The standard InChI is InChI=1S/C12H12N2O5/c15-10(13-6-5-11(16)17)7-14-8-3-1-2-4-9(8)19-12(14)18/h1-4H,5-7H2,(H,13,15)(H,16,17). The Bertz CT molecular complexity index is 670. The van der Waals surface area contributed by atoms with Crippen molar-refractivity contribution in [2.75, 3.05) is 6.54 Å². The lowest BCUT2D eigenvalue weighted by molar-refractivity contribution is -0.136. The molecule has 1 heterocycles. The highest BCUT2D eigenvalue weighted by Gasteiger charge is 2.12. The summed E-state index contributed by atoms with van der Waals surface area (Å²) >= 11 is 0. The van der Waals surface area contributed by atoms with Crippen molar-refractivity contribution in [2.24, 2.45) is 0 Å². The molecule has 7 heteroatoms. The minimum Gasteiger partial charge on any atom is -0.481 e. The molecule has 2 N–H and O–H groups in total. The summed E-state index contributed by atoms with van der Waals surface area (Å²) < 4.78 is 6.18. The summed E-state index contributed by atoms with van der Waals surface area (Å²) in [5.74, 6) is -2.05. The van der Waals surface area contributed by atoms with Crippen molar-refractivity contribution < 1.29 is 19.1 Å². The van der Waals surface area contributed by atoms with E-state index in [4.69, 9.17) is 9.52 Å². The van der Waals surface area contributed by atoms with Crippen LogP contribution < -0.4 is 11.1 Å². The van der Waals surface area contributed by atoms with Gasteiger partial charge < -0.3 is 14.8 Å². The molecule has 0 spiro atoms. The molecular formula is C12H12N2O5. The van der Waals surface area contributed by atoms with Crippen molar-refractivity contribution in [3.63, 3.8) is 0 Å². The first-order valence-electron chi connectivity index (χ1n) is 5.65. The summed E-state index contributed by atoms with van der Waals surface area (Å²) in [5.41, 5.74) is 0.937. The molecule has 0 aliphatic carbocycles. The quantitative estimate of drug-likeness (QED) is 0.802. The van der Waals surface area contributed by atoms with Gasteiger partial charge in [0.25, 0.3) is 0 Å². The van der Waals surface area contributed by atoms with Gasteiger partial charge in [-0.25, -0.2) is 4.79 Å². The average molecular weight is 264 g/mol. The number of benzene rings is 1. The maximum absolute atomic E-state index is 11.6. The Hall–Kier alpha value is -2.57. The van der Waals surface area contributed by atoms with Crippen molar-refractivity contribution in [3.05, 3.63) is 34.8 Å². The summed E-state index contributed by atoms with van der Waals surface area (Å²) in [6.45, 7) is -0.172. The number of carbonyl (C=O) groups excluding carboxylic acids is 1. The number of carboxylic acids is 1. The Morgan fingerprint density at radius 3 is 2.79 bits per heavy atom. The first-order valence-corrected chi connectivity index (χ1v) is 5.65. The number of rotatable bonds is 5. The van der Waals surface area contributed by atoms with Crippen molar-refractivity contribution in [1.82, 2.24) is 9.88 Å². The number of para-hydroxylation sites is 2. The molecule has 0 aliphatic rings. The van der Waals surface area contributed by atoms with Gasteiger partial charge in [-0.1, -0.05) is 12.1 Å². The smallest absolute Gasteiger partial charge is 0.420 e. The number of carboxylic acid groups (broad SMARTS) is 1. The number of amides is 1. The Balaban J connectivity index is 2.09. The van der Waals surface area contributed by atoms with Crippen LogP contribution in [0.25, 0.3) is 11.1 Å². The number of fused-ring (bicyclic) bond motifs is 1. The molecule has 1 aromatic heterocycles. The molecule has 100 valence electrons. The lowest BCUT2D eigenvalue weighted by Gasteiger charge is -2.03. The Kier molecular flexibility index (Phi) is 3.65. The molecule has 0 aliphatic heterocycles. The van der Waals surface area contributed by atoms with Crippen LogP contribution in [0.3, 0.4) is 0 Å². The van der Waals surface area contributed by atoms with Gasteiger partial charge in [0.1, 0.15) is 6.54 Å². The van der Waals surface area contributed by atoms with Crippen molar-refractivity contribution in [3.8, 4) is 0 Å². The van der Waals surface area contributed by atoms with E-state index in [-0.39, 0.29) is 19.5 Å². The fourth-order valence-corrected chi connectivity index (χ4v) is 1.67.